The summed E-state index contributed by atoms with van der Waals surface area (Å²) < 4.78 is 44.9. The van der Waals surface area contributed by atoms with Crippen LogP contribution in [0.5, 0.6) is 5.75 Å². The van der Waals surface area contributed by atoms with Crippen LogP contribution < -0.4 is 4.74 Å². The Kier molecular flexibility index (Phi) is 6.78. The Morgan fingerprint density at radius 2 is 2.17 bits per heavy atom. The fourth-order valence-electron chi connectivity index (χ4n) is 2.56. The molecule has 0 saturated carbocycles. The Balaban J connectivity index is 2.22. The molecule has 23 heavy (non-hydrogen) atoms. The number of alkyl halides is 4. The molecule has 0 bridgehead atoms. The Bertz CT molecular complexity index is 546. The normalized spacial score (nSPS) is 22.5. The minimum absolute atomic E-state index is 0.200. The van der Waals surface area contributed by atoms with Crippen LogP contribution in [-0.4, -0.2) is 33.2 Å². The van der Waals surface area contributed by atoms with Crippen LogP contribution in [0.15, 0.2) is 18.2 Å². The summed E-state index contributed by atoms with van der Waals surface area (Å²) in [6, 6.07) is 4.06. The highest BCUT2D eigenvalue weighted by Gasteiger charge is 2.44. The van der Waals surface area contributed by atoms with Gasteiger partial charge < -0.3 is 4.74 Å². The third-order valence-electron chi connectivity index (χ3n) is 3.62. The van der Waals surface area contributed by atoms with E-state index in [-0.39, 0.29) is 10.8 Å². The maximum Gasteiger partial charge on any atom is 0.421 e. The molecule has 0 amide bonds. The second-order valence-electron chi connectivity index (χ2n) is 5.19. The fourth-order valence-corrected chi connectivity index (χ4v) is 4.57. The summed E-state index contributed by atoms with van der Waals surface area (Å²) in [6.07, 6.45) is -2.95. The quantitative estimate of drug-likeness (QED) is 0.226. The van der Waals surface area contributed by atoms with Gasteiger partial charge in [0.05, 0.1) is 5.02 Å². The van der Waals surface area contributed by atoms with E-state index < -0.39 is 15.5 Å². The van der Waals surface area contributed by atoms with E-state index in [4.69, 9.17) is 16.3 Å². The van der Waals surface area contributed by atoms with Crippen LogP contribution in [0.4, 0.5) is 13.2 Å². The topological polar surface area (TPSA) is 12.5 Å². The van der Waals surface area contributed by atoms with Crippen molar-refractivity contribution in [2.75, 3.05) is 24.6 Å². The molecule has 1 aliphatic rings. The predicted molar refractivity (Wildman–Crippen MR) is 97.6 cm³/mol. The molecule has 1 heterocycles. The van der Waals surface area contributed by atoms with E-state index in [0.717, 1.165) is 31.0 Å². The van der Waals surface area contributed by atoms with Gasteiger partial charge in [-0.3, -0.25) is 4.90 Å². The summed E-state index contributed by atoms with van der Waals surface area (Å²) in [5, 5.41) is -0.332. The SMILES string of the molecule is CCSCCN1CCCC1(I)Oc1cccc(Cl)c1C(F)(F)F. The first kappa shape index (κ1) is 19.5. The molecule has 1 fully saturated rings. The van der Waals surface area contributed by atoms with E-state index in [0.29, 0.717) is 6.42 Å². The summed E-state index contributed by atoms with van der Waals surface area (Å²) in [5.74, 6) is 1.76. The Hall–Kier alpha value is 0.140. The predicted octanol–water partition coefficient (Wildman–Crippen LogP) is 5.68. The molecular weight excluding hydrogens is 462 g/mol. The standard InChI is InChI=1S/C15H18ClF3INOS/c1-2-23-10-9-21-8-4-7-14(21,20)22-12-6-3-5-11(16)13(12)15(17,18)19/h3,5-6H,2,4,7-10H2,1H3. The molecule has 130 valence electrons. The minimum atomic E-state index is -4.54. The van der Waals surface area contributed by atoms with Crippen LogP contribution in [0.25, 0.3) is 0 Å². The highest BCUT2D eigenvalue weighted by Crippen LogP contribution is 2.45. The van der Waals surface area contributed by atoms with E-state index in [1.807, 2.05) is 11.8 Å². The van der Waals surface area contributed by atoms with Crippen molar-refractivity contribution in [2.24, 2.45) is 0 Å². The lowest BCUT2D eigenvalue weighted by Crippen LogP contribution is -2.44. The number of likely N-dealkylation sites (tertiary alicyclic amines) is 1. The summed E-state index contributed by atoms with van der Waals surface area (Å²) in [5.41, 5.74) is -0.896. The smallest absolute Gasteiger partial charge is 0.421 e. The molecule has 1 atom stereocenters. The number of rotatable bonds is 6. The minimum Gasteiger partial charge on any atom is -0.463 e. The largest absolute Gasteiger partial charge is 0.463 e. The molecule has 2 nitrogen and oxygen atoms in total. The van der Waals surface area contributed by atoms with E-state index in [2.05, 4.69) is 34.4 Å². The van der Waals surface area contributed by atoms with Crippen molar-refractivity contribution < 1.29 is 17.9 Å². The highest BCUT2D eigenvalue weighted by molar-refractivity contribution is 14.1. The van der Waals surface area contributed by atoms with E-state index in [1.54, 1.807) is 0 Å². The number of ether oxygens (including phenoxy) is 1. The fraction of sp³-hybridized carbons (Fsp3) is 0.600. The molecule has 1 aromatic rings. The molecule has 1 aromatic carbocycles. The molecule has 0 aliphatic carbocycles. The van der Waals surface area contributed by atoms with Crippen molar-refractivity contribution >= 4 is 46.0 Å². The van der Waals surface area contributed by atoms with Crippen molar-refractivity contribution in [2.45, 2.75) is 29.7 Å². The lowest BCUT2D eigenvalue weighted by molar-refractivity contribution is -0.139. The average Bonchev–Trinajstić information content (AvgIpc) is 2.78. The van der Waals surface area contributed by atoms with Crippen LogP contribution in [0.3, 0.4) is 0 Å². The second-order valence-corrected chi connectivity index (χ2v) is 8.68. The zero-order chi connectivity index (χ0) is 17.1. The summed E-state index contributed by atoms with van der Waals surface area (Å²) in [7, 11) is 0. The number of benzene rings is 1. The monoisotopic (exact) mass is 479 g/mol. The number of thioether (sulfide) groups is 1. The first-order valence-electron chi connectivity index (χ1n) is 7.34. The van der Waals surface area contributed by atoms with Gasteiger partial charge >= 0.3 is 6.18 Å². The molecule has 1 aliphatic heterocycles. The Morgan fingerprint density at radius 3 is 2.83 bits per heavy atom. The highest BCUT2D eigenvalue weighted by atomic mass is 127. The Labute approximate surface area is 157 Å². The number of hydrogen-bond acceptors (Lipinski definition) is 3. The number of nitrogens with zero attached hydrogens (tertiary/aromatic N) is 1. The van der Waals surface area contributed by atoms with Gasteiger partial charge in [0.2, 0.25) is 3.73 Å². The second kappa shape index (κ2) is 8.01. The molecule has 2 rings (SSSR count). The van der Waals surface area contributed by atoms with Gasteiger partial charge in [-0.05, 0) is 46.9 Å². The van der Waals surface area contributed by atoms with Gasteiger partial charge in [-0.15, -0.1) is 0 Å². The zero-order valence-corrected chi connectivity index (χ0v) is 16.4. The van der Waals surface area contributed by atoms with Crippen molar-refractivity contribution in [3.05, 3.63) is 28.8 Å². The molecule has 0 N–H and O–H groups in total. The van der Waals surface area contributed by atoms with Crippen LogP contribution in [0.2, 0.25) is 5.02 Å². The van der Waals surface area contributed by atoms with Crippen molar-refractivity contribution in [1.29, 1.82) is 0 Å². The molecule has 1 saturated heterocycles. The van der Waals surface area contributed by atoms with Gasteiger partial charge in [-0.1, -0.05) is 24.6 Å². The number of hydrogen-bond donors (Lipinski definition) is 0. The van der Waals surface area contributed by atoms with E-state index in [9.17, 15) is 13.2 Å². The third kappa shape index (κ3) is 4.83. The maximum absolute atomic E-state index is 13.3. The molecule has 0 radical (unpaired) electrons. The van der Waals surface area contributed by atoms with Crippen molar-refractivity contribution in [3.8, 4) is 5.75 Å². The Morgan fingerprint density at radius 1 is 1.43 bits per heavy atom. The zero-order valence-electron chi connectivity index (χ0n) is 12.6. The molecule has 8 heteroatoms. The molecule has 0 aromatic heterocycles. The first-order valence-corrected chi connectivity index (χ1v) is 9.95. The van der Waals surface area contributed by atoms with Gasteiger partial charge in [0.25, 0.3) is 0 Å². The van der Waals surface area contributed by atoms with Crippen LogP contribution in [0, 0.1) is 0 Å². The average molecular weight is 480 g/mol. The van der Waals surface area contributed by atoms with Crippen LogP contribution in [0.1, 0.15) is 25.3 Å². The summed E-state index contributed by atoms with van der Waals surface area (Å²) in [6.45, 7) is 3.71. The summed E-state index contributed by atoms with van der Waals surface area (Å²) in [4.78, 5) is 2.11. The van der Waals surface area contributed by atoms with Crippen LogP contribution >= 0.6 is 46.0 Å². The molecule has 1 unspecified atom stereocenters. The maximum atomic E-state index is 13.3. The molecular formula is C15H18ClF3INOS. The van der Waals surface area contributed by atoms with Gasteiger partial charge in [0, 0.05) is 25.3 Å². The van der Waals surface area contributed by atoms with Crippen LogP contribution in [-0.2, 0) is 6.18 Å². The van der Waals surface area contributed by atoms with Crippen molar-refractivity contribution in [3.63, 3.8) is 0 Å². The summed E-state index contributed by atoms with van der Waals surface area (Å²) >= 11 is 9.70. The lowest BCUT2D eigenvalue weighted by Gasteiger charge is -2.34. The van der Waals surface area contributed by atoms with Gasteiger partial charge in [-0.2, -0.15) is 24.9 Å². The van der Waals surface area contributed by atoms with E-state index >= 15 is 0 Å². The van der Waals surface area contributed by atoms with Gasteiger partial charge in [0.1, 0.15) is 11.3 Å². The van der Waals surface area contributed by atoms with Gasteiger partial charge in [-0.25, -0.2) is 0 Å². The lowest BCUT2D eigenvalue weighted by atomic mass is 10.2. The first-order chi connectivity index (χ1) is 10.8. The third-order valence-corrected chi connectivity index (χ3v) is 6.26. The van der Waals surface area contributed by atoms with Gasteiger partial charge in [0.15, 0.2) is 0 Å². The van der Waals surface area contributed by atoms with E-state index in [1.165, 1.54) is 18.2 Å². The van der Waals surface area contributed by atoms with Crippen molar-refractivity contribution in [1.82, 2.24) is 4.90 Å². The molecule has 0 spiro atoms. The number of halogens is 5.